The maximum Gasteiger partial charge on any atom is 0.235 e. The smallest absolute Gasteiger partial charge is 0.235 e. The van der Waals surface area contributed by atoms with Crippen molar-refractivity contribution in [3.63, 3.8) is 0 Å². The second-order valence-electron chi connectivity index (χ2n) is 6.25. The predicted octanol–water partition coefficient (Wildman–Crippen LogP) is 3.37. The van der Waals surface area contributed by atoms with Gasteiger partial charge in [-0.1, -0.05) is 55.5 Å². The van der Waals surface area contributed by atoms with Crippen molar-refractivity contribution in [2.75, 3.05) is 0 Å². The number of benzene rings is 1. The molecule has 0 unspecified atom stereocenters. The van der Waals surface area contributed by atoms with E-state index in [0.717, 1.165) is 34.2 Å². The molecule has 4 rings (SSSR count). The van der Waals surface area contributed by atoms with Crippen molar-refractivity contribution in [3.8, 4) is 11.5 Å². The normalized spacial score (nSPS) is 11.6. The van der Waals surface area contributed by atoms with Gasteiger partial charge < -0.3 is 0 Å². The number of rotatable bonds is 5. The van der Waals surface area contributed by atoms with Gasteiger partial charge in [0.15, 0.2) is 0 Å². The summed E-state index contributed by atoms with van der Waals surface area (Å²) < 4.78 is 1.79. The summed E-state index contributed by atoms with van der Waals surface area (Å²) in [6, 6.07) is 12.4. The molecule has 0 saturated carbocycles. The van der Waals surface area contributed by atoms with Gasteiger partial charge >= 0.3 is 0 Å². The first-order valence-corrected chi connectivity index (χ1v) is 8.80. The van der Waals surface area contributed by atoms with Crippen LogP contribution in [0.4, 0.5) is 0 Å². The third-order valence-electron chi connectivity index (χ3n) is 3.72. The van der Waals surface area contributed by atoms with Gasteiger partial charge in [0.05, 0.1) is 0 Å². The monoisotopic (exact) mass is 338 g/mol. The fourth-order valence-electron chi connectivity index (χ4n) is 2.68. The third kappa shape index (κ3) is 2.94. The molecule has 0 fully saturated rings. The summed E-state index contributed by atoms with van der Waals surface area (Å²) >= 11 is 1.57. The largest absolute Gasteiger partial charge is 0.282 e. The van der Waals surface area contributed by atoms with E-state index in [1.807, 2.05) is 24.3 Å². The van der Waals surface area contributed by atoms with Crippen molar-refractivity contribution in [1.29, 1.82) is 0 Å². The third-order valence-corrected chi connectivity index (χ3v) is 4.62. The SMILES string of the molecule is CC(C)Cc1cc(-c2nnc3sc(Cc4ccccc4)nn23)n[nH]1. The van der Waals surface area contributed by atoms with Gasteiger partial charge in [-0.05, 0) is 24.0 Å². The Morgan fingerprint density at radius 1 is 1.17 bits per heavy atom. The summed E-state index contributed by atoms with van der Waals surface area (Å²) in [4.78, 5) is 0.796. The van der Waals surface area contributed by atoms with E-state index in [1.54, 1.807) is 15.9 Å². The van der Waals surface area contributed by atoms with Crippen LogP contribution in [0.25, 0.3) is 16.5 Å². The number of hydrogen-bond donors (Lipinski definition) is 1. The molecule has 0 saturated heterocycles. The topological polar surface area (TPSA) is 71.8 Å². The molecule has 1 N–H and O–H groups in total. The summed E-state index contributed by atoms with van der Waals surface area (Å²) in [5, 5.41) is 21.6. The average molecular weight is 338 g/mol. The highest BCUT2D eigenvalue weighted by atomic mass is 32.1. The van der Waals surface area contributed by atoms with Gasteiger partial charge in [-0.3, -0.25) is 5.10 Å². The number of nitrogens with zero attached hydrogens (tertiary/aromatic N) is 5. The molecule has 0 aliphatic carbocycles. The van der Waals surface area contributed by atoms with Gasteiger partial charge in [-0.25, -0.2) is 0 Å². The Kier molecular flexibility index (Phi) is 3.86. The van der Waals surface area contributed by atoms with E-state index in [0.29, 0.717) is 11.7 Å². The minimum atomic E-state index is 0.577. The average Bonchev–Trinajstić information content (AvgIpc) is 3.23. The lowest BCUT2D eigenvalue weighted by Crippen LogP contribution is -1.94. The highest BCUT2D eigenvalue weighted by Gasteiger charge is 2.16. The van der Waals surface area contributed by atoms with Crippen LogP contribution >= 0.6 is 11.3 Å². The van der Waals surface area contributed by atoms with E-state index in [2.05, 4.69) is 51.5 Å². The predicted molar refractivity (Wildman–Crippen MR) is 94.0 cm³/mol. The molecule has 0 radical (unpaired) electrons. The van der Waals surface area contributed by atoms with Crippen LogP contribution < -0.4 is 0 Å². The van der Waals surface area contributed by atoms with Crippen LogP contribution in [0, 0.1) is 5.92 Å². The van der Waals surface area contributed by atoms with E-state index < -0.39 is 0 Å². The van der Waals surface area contributed by atoms with Gasteiger partial charge in [0.1, 0.15) is 10.7 Å². The first-order valence-electron chi connectivity index (χ1n) is 7.99. The van der Waals surface area contributed by atoms with Crippen molar-refractivity contribution >= 4 is 16.3 Å². The molecule has 3 aromatic heterocycles. The minimum Gasteiger partial charge on any atom is -0.282 e. The Hall–Kier alpha value is -2.54. The van der Waals surface area contributed by atoms with Crippen molar-refractivity contribution in [2.45, 2.75) is 26.7 Å². The summed E-state index contributed by atoms with van der Waals surface area (Å²) in [7, 11) is 0. The minimum absolute atomic E-state index is 0.577. The van der Waals surface area contributed by atoms with Crippen molar-refractivity contribution < 1.29 is 0 Å². The highest BCUT2D eigenvalue weighted by Crippen LogP contribution is 2.22. The highest BCUT2D eigenvalue weighted by molar-refractivity contribution is 7.16. The van der Waals surface area contributed by atoms with Crippen LogP contribution in [-0.4, -0.2) is 30.0 Å². The molecular formula is C17H18N6S. The van der Waals surface area contributed by atoms with Gasteiger partial charge in [-0.15, -0.1) is 10.2 Å². The molecule has 6 nitrogen and oxygen atoms in total. The summed E-state index contributed by atoms with van der Waals surface area (Å²) in [6.45, 7) is 4.37. The molecule has 0 amide bonds. The summed E-state index contributed by atoms with van der Waals surface area (Å²) in [5.74, 6) is 1.26. The fraction of sp³-hybridized carbons (Fsp3) is 0.294. The summed E-state index contributed by atoms with van der Waals surface area (Å²) in [5.41, 5.74) is 3.13. The number of aromatic amines is 1. The molecule has 3 heterocycles. The van der Waals surface area contributed by atoms with E-state index in [4.69, 9.17) is 0 Å². The van der Waals surface area contributed by atoms with Gasteiger partial charge in [0.25, 0.3) is 0 Å². The van der Waals surface area contributed by atoms with E-state index in [-0.39, 0.29) is 0 Å². The molecule has 0 aliphatic rings. The lowest BCUT2D eigenvalue weighted by molar-refractivity contribution is 0.633. The molecule has 0 aliphatic heterocycles. The molecule has 0 atom stereocenters. The fourth-order valence-corrected chi connectivity index (χ4v) is 3.55. The Morgan fingerprint density at radius 3 is 2.79 bits per heavy atom. The van der Waals surface area contributed by atoms with Crippen molar-refractivity contribution in [3.05, 3.63) is 52.7 Å². The van der Waals surface area contributed by atoms with Crippen molar-refractivity contribution in [1.82, 2.24) is 30.0 Å². The van der Waals surface area contributed by atoms with Crippen LogP contribution in [0.3, 0.4) is 0 Å². The van der Waals surface area contributed by atoms with E-state index in [9.17, 15) is 0 Å². The van der Waals surface area contributed by atoms with E-state index >= 15 is 0 Å². The molecule has 0 bridgehead atoms. The second-order valence-corrected chi connectivity index (χ2v) is 7.29. The lowest BCUT2D eigenvalue weighted by atomic mass is 10.1. The van der Waals surface area contributed by atoms with Gasteiger partial charge in [0.2, 0.25) is 10.8 Å². The maximum atomic E-state index is 4.67. The summed E-state index contributed by atoms with van der Waals surface area (Å²) in [6.07, 6.45) is 1.76. The second kappa shape index (κ2) is 6.16. The standard InChI is InChI=1S/C17H18N6S/c1-11(2)8-13-10-14(19-18-13)16-20-21-17-23(16)22-15(24-17)9-12-6-4-3-5-7-12/h3-7,10-11H,8-9H2,1-2H3,(H,18,19). The number of fused-ring (bicyclic) bond motifs is 1. The first kappa shape index (κ1) is 15.0. The number of aromatic nitrogens is 6. The molecule has 24 heavy (non-hydrogen) atoms. The number of nitrogens with one attached hydrogen (secondary N) is 1. The zero-order valence-corrected chi connectivity index (χ0v) is 14.4. The molecule has 0 spiro atoms. The molecule has 7 heteroatoms. The molecule has 4 aromatic rings. The lowest BCUT2D eigenvalue weighted by Gasteiger charge is -1.98. The van der Waals surface area contributed by atoms with Gasteiger partial charge in [0, 0.05) is 12.1 Å². The van der Waals surface area contributed by atoms with Crippen LogP contribution in [0.5, 0.6) is 0 Å². The van der Waals surface area contributed by atoms with Crippen LogP contribution in [-0.2, 0) is 12.8 Å². The first-order chi connectivity index (χ1) is 11.7. The molecule has 122 valence electrons. The Balaban J connectivity index is 1.64. The molecule has 1 aromatic carbocycles. The Morgan fingerprint density at radius 2 is 2.00 bits per heavy atom. The Bertz CT molecular complexity index is 950. The van der Waals surface area contributed by atoms with Gasteiger partial charge in [-0.2, -0.15) is 14.7 Å². The van der Waals surface area contributed by atoms with Crippen LogP contribution in [0.2, 0.25) is 0 Å². The maximum absolute atomic E-state index is 4.67. The van der Waals surface area contributed by atoms with Crippen LogP contribution in [0.1, 0.15) is 30.1 Å². The van der Waals surface area contributed by atoms with Crippen molar-refractivity contribution in [2.24, 2.45) is 5.92 Å². The zero-order chi connectivity index (χ0) is 16.5. The Labute approximate surface area is 143 Å². The zero-order valence-electron chi connectivity index (χ0n) is 13.6. The molecular weight excluding hydrogens is 320 g/mol. The number of hydrogen-bond acceptors (Lipinski definition) is 5. The quantitative estimate of drug-likeness (QED) is 0.605. The van der Waals surface area contributed by atoms with Crippen LogP contribution in [0.15, 0.2) is 36.4 Å². The van der Waals surface area contributed by atoms with E-state index in [1.165, 1.54) is 5.56 Å². The number of H-pyrrole nitrogens is 1.